The van der Waals surface area contributed by atoms with E-state index in [1.807, 2.05) is 12.3 Å². The Morgan fingerprint density at radius 3 is 1.53 bits per heavy atom. The third kappa shape index (κ3) is 12.5. The van der Waals surface area contributed by atoms with Gasteiger partial charge in [0.15, 0.2) is 0 Å². The maximum atomic E-state index is 7.43. The molecular weight excluding hydrogens is 1360 g/mol. The Balaban J connectivity index is 0.00000897. The number of hydrogen-bond acceptors (Lipinski definition) is 5. The molecule has 0 spiro atoms. The van der Waals surface area contributed by atoms with Crippen LogP contribution in [0.5, 0.6) is 11.5 Å². The molecule has 6 nitrogen and oxygen atoms in total. The van der Waals surface area contributed by atoms with Crippen molar-refractivity contribution in [1.29, 1.82) is 0 Å². The van der Waals surface area contributed by atoms with Gasteiger partial charge in [0.1, 0.15) is 17.0 Å². The van der Waals surface area contributed by atoms with Crippen LogP contribution in [-0.4, -0.2) is 9.55 Å². The van der Waals surface area contributed by atoms with Crippen molar-refractivity contribution >= 4 is 66.5 Å². The summed E-state index contributed by atoms with van der Waals surface area (Å²) in [5.74, 6) is 3.72. The van der Waals surface area contributed by atoms with Gasteiger partial charge in [0, 0.05) is 83.2 Å². The average molecular weight is 1460 g/mol. The molecule has 3 aromatic heterocycles. The Bertz CT molecular complexity index is 4800. The summed E-state index contributed by atoms with van der Waals surface area (Å²) in [6.45, 7) is 51.4. The molecule has 7 heteroatoms. The first kappa shape index (κ1) is 68.7. The summed E-state index contributed by atoms with van der Waals surface area (Å²) in [6, 6.07) is 66.7. The summed E-state index contributed by atoms with van der Waals surface area (Å²) in [6.07, 6.45) is 1.93. The number of furan rings is 1. The number of benzene rings is 9. The smallest absolute Gasteiger partial charge is 0.135 e. The molecule has 4 heterocycles. The van der Waals surface area contributed by atoms with Crippen molar-refractivity contribution in [2.75, 3.05) is 9.80 Å². The number of hydrogen-bond donors (Lipinski definition) is 0. The van der Waals surface area contributed by atoms with Gasteiger partial charge in [-0.1, -0.05) is 247 Å². The van der Waals surface area contributed by atoms with E-state index < -0.39 is 0 Å². The molecule has 502 valence electrons. The molecule has 9 aromatic carbocycles. The molecule has 0 radical (unpaired) electrons. The van der Waals surface area contributed by atoms with Gasteiger partial charge in [-0.05, 0) is 166 Å². The zero-order valence-corrected chi connectivity index (χ0v) is 63.3. The predicted molar refractivity (Wildman–Crippen MR) is 408 cm³/mol. The molecule has 1 aliphatic rings. The number of pyridine rings is 1. The molecular formula is C90H97N4O2Pt-3. The molecule has 0 fully saturated rings. The molecule has 0 N–H and O–H groups in total. The Kier molecular flexibility index (Phi) is 18.4. The van der Waals surface area contributed by atoms with E-state index in [2.05, 4.69) is 330 Å². The molecule has 0 unspecified atom stereocenters. The van der Waals surface area contributed by atoms with Crippen LogP contribution in [0.25, 0.3) is 82.9 Å². The Morgan fingerprint density at radius 2 is 0.990 bits per heavy atom. The quantitative estimate of drug-likeness (QED) is 0.102. The first-order chi connectivity index (χ1) is 45.5. The van der Waals surface area contributed by atoms with Gasteiger partial charge in [-0.3, -0.25) is 0 Å². The Labute approximate surface area is 592 Å². The molecule has 0 amide bonds. The SMILES string of the molecule is CC(C)c1cc(C(C)C)c(-c2cccc(-c3c(C(C)C)cc(C(C)C)cc3C(C)C)c2N2[CH-]N(c3[c-]c(Oc4[c-]c5c(cc4)c4c6oc7ccccc7c6ccc4n5-c4cc(C(C)(C)C)ccn4)cc(-c4c(C(C)(C)C)cccc4C(C)(C)C)c3)c3ccccc32)c(C(C)C)c1.[Pt]. The third-order valence-corrected chi connectivity index (χ3v) is 20.0. The second-order valence-corrected chi connectivity index (χ2v) is 32.1. The number of nitrogens with zero attached hydrogens (tertiary/aromatic N) is 4. The summed E-state index contributed by atoms with van der Waals surface area (Å²) in [4.78, 5) is 9.98. The Hall–Kier alpha value is -8.18. The first-order valence-electron chi connectivity index (χ1n) is 35.2. The van der Waals surface area contributed by atoms with Gasteiger partial charge in [0.2, 0.25) is 0 Å². The monoisotopic (exact) mass is 1460 g/mol. The Morgan fingerprint density at radius 1 is 0.464 bits per heavy atom. The normalized spacial score (nSPS) is 13.2. The number of anilines is 4. The van der Waals surface area contributed by atoms with Crippen LogP contribution in [0.4, 0.5) is 22.7 Å². The maximum Gasteiger partial charge on any atom is 0.135 e. The third-order valence-electron chi connectivity index (χ3n) is 20.0. The predicted octanol–water partition coefficient (Wildman–Crippen LogP) is 26.5. The number of para-hydroxylation sites is 4. The standard InChI is InChI=1S/C90H97N4O2.Pt/c1-52(2)58-44-70(54(5)6)83(71(45-58)55(7)8)68-29-26-30-69(84-72(56(9)10)46-59(53(3)4)47-73(84)57(11)12)86(68)93-51-92(76-33-23-24-34-77(76)93)62-42-60(82-74(89(16,17)18)31-27-32-75(82)90(19,20)21)43-64(49-62)95-63-36-37-67-79(50-63)94(81-48-61(40-41-91-81)88(13,14)15)78-39-38-66-65-28-22-25-35-80(65)96-87(66)85(67)78;/h22-48,51-57H,1-21H3;/q-3;. The van der Waals surface area contributed by atoms with Crippen LogP contribution in [0, 0.1) is 18.8 Å². The minimum atomic E-state index is -0.204. The number of aromatic nitrogens is 2. The zero-order chi connectivity index (χ0) is 68.4. The van der Waals surface area contributed by atoms with Crippen molar-refractivity contribution in [3.8, 4) is 50.7 Å². The fourth-order valence-electron chi connectivity index (χ4n) is 14.8. The van der Waals surface area contributed by atoms with E-state index in [9.17, 15) is 0 Å². The second kappa shape index (κ2) is 25.9. The van der Waals surface area contributed by atoms with Crippen molar-refractivity contribution in [2.45, 2.75) is 197 Å². The summed E-state index contributed by atoms with van der Waals surface area (Å²) < 4.78 is 16.5. The van der Waals surface area contributed by atoms with Crippen molar-refractivity contribution in [3.05, 3.63) is 233 Å². The molecule has 0 aliphatic carbocycles. The van der Waals surface area contributed by atoms with Gasteiger partial charge in [-0.25, -0.2) is 4.98 Å². The van der Waals surface area contributed by atoms with E-state index in [1.54, 1.807) is 0 Å². The molecule has 0 bridgehead atoms. The largest absolute Gasteiger partial charge is 0.509 e. The van der Waals surface area contributed by atoms with Crippen LogP contribution in [0.3, 0.4) is 0 Å². The maximum absolute atomic E-state index is 7.43. The van der Waals surface area contributed by atoms with E-state index in [0.29, 0.717) is 23.3 Å². The van der Waals surface area contributed by atoms with Gasteiger partial charge >= 0.3 is 0 Å². The van der Waals surface area contributed by atoms with Gasteiger partial charge in [-0.15, -0.1) is 48.3 Å². The number of ether oxygens (including phenoxy) is 1. The number of fused-ring (bicyclic) bond motifs is 8. The first-order valence-corrected chi connectivity index (χ1v) is 35.2. The molecule has 12 aromatic rings. The van der Waals surface area contributed by atoms with Crippen LogP contribution in [0.2, 0.25) is 0 Å². The summed E-state index contributed by atoms with van der Waals surface area (Å²) >= 11 is 0. The molecule has 1 aliphatic heterocycles. The summed E-state index contributed by atoms with van der Waals surface area (Å²) in [7, 11) is 0. The summed E-state index contributed by atoms with van der Waals surface area (Å²) in [5.41, 5.74) is 26.4. The van der Waals surface area contributed by atoms with Gasteiger partial charge in [0.25, 0.3) is 0 Å². The fourth-order valence-corrected chi connectivity index (χ4v) is 14.8. The van der Waals surface area contributed by atoms with E-state index in [1.165, 1.54) is 77.9 Å². The van der Waals surface area contributed by atoms with E-state index in [0.717, 1.165) is 77.9 Å². The minimum Gasteiger partial charge on any atom is -0.509 e. The second-order valence-electron chi connectivity index (χ2n) is 32.1. The van der Waals surface area contributed by atoms with Gasteiger partial charge in [-0.2, -0.15) is 6.07 Å². The molecule has 0 saturated heterocycles. The topological polar surface area (TPSA) is 46.7 Å². The fraction of sp³-hybridized carbons (Fsp3) is 0.333. The van der Waals surface area contributed by atoms with E-state index >= 15 is 0 Å². The average Bonchev–Trinajstić information content (AvgIpc) is 1.63. The van der Waals surface area contributed by atoms with Crippen molar-refractivity contribution in [3.63, 3.8) is 0 Å². The van der Waals surface area contributed by atoms with Crippen molar-refractivity contribution < 1.29 is 30.2 Å². The van der Waals surface area contributed by atoms with Crippen LogP contribution < -0.4 is 14.5 Å². The molecule has 0 saturated carbocycles. The van der Waals surface area contributed by atoms with Crippen LogP contribution in [-0.2, 0) is 37.3 Å². The van der Waals surface area contributed by atoms with Gasteiger partial charge < -0.3 is 23.5 Å². The van der Waals surface area contributed by atoms with Crippen molar-refractivity contribution in [1.82, 2.24) is 9.55 Å². The van der Waals surface area contributed by atoms with E-state index in [-0.39, 0.29) is 61.0 Å². The molecule has 13 rings (SSSR count). The minimum absolute atomic E-state index is 0. The van der Waals surface area contributed by atoms with Gasteiger partial charge in [0.05, 0.1) is 0 Å². The van der Waals surface area contributed by atoms with Crippen LogP contribution in [0.1, 0.15) is 231 Å². The summed E-state index contributed by atoms with van der Waals surface area (Å²) in [5, 5.41) is 4.15. The zero-order valence-electron chi connectivity index (χ0n) is 61.1. The van der Waals surface area contributed by atoms with Crippen LogP contribution in [0.15, 0.2) is 168 Å². The van der Waals surface area contributed by atoms with Crippen molar-refractivity contribution in [2.24, 2.45) is 0 Å². The van der Waals surface area contributed by atoms with E-state index in [4.69, 9.17) is 14.1 Å². The number of rotatable bonds is 14. The molecule has 97 heavy (non-hydrogen) atoms. The van der Waals surface area contributed by atoms with Crippen LogP contribution >= 0.6 is 0 Å². The molecule has 0 atom stereocenters.